The van der Waals surface area contributed by atoms with Crippen molar-refractivity contribution in [2.24, 2.45) is 0 Å². The second kappa shape index (κ2) is 8.47. The number of Topliss-reactive ketones (excluding diaryl/α,β-unsaturated/α-hetero) is 1. The predicted molar refractivity (Wildman–Crippen MR) is 120 cm³/mol. The van der Waals surface area contributed by atoms with Crippen LogP contribution in [0.1, 0.15) is 69.3 Å². The Kier molecular flexibility index (Phi) is 6.16. The SMILES string of the molecule is CCCN1C(=O)C(=O)/C(=C(\O)c2ccc(CC)cc2)C1c1ccc(C(C)(C)C)cc1. The molecule has 1 aliphatic rings. The Morgan fingerprint density at radius 2 is 1.57 bits per heavy atom. The van der Waals surface area contributed by atoms with Gasteiger partial charge in [0.1, 0.15) is 5.76 Å². The van der Waals surface area contributed by atoms with E-state index in [1.54, 1.807) is 17.0 Å². The molecule has 1 saturated heterocycles. The fourth-order valence-corrected chi connectivity index (χ4v) is 3.92. The summed E-state index contributed by atoms with van der Waals surface area (Å²) in [5, 5.41) is 11.1. The minimum absolute atomic E-state index is 0.00474. The first-order chi connectivity index (χ1) is 14.2. The van der Waals surface area contributed by atoms with Gasteiger partial charge in [0.15, 0.2) is 0 Å². The Morgan fingerprint density at radius 3 is 2.07 bits per heavy atom. The lowest BCUT2D eigenvalue weighted by atomic mass is 9.85. The highest BCUT2D eigenvalue weighted by Gasteiger charge is 2.45. The fourth-order valence-electron chi connectivity index (χ4n) is 3.92. The number of carbonyl (C=O) groups is 2. The lowest BCUT2D eigenvalue weighted by molar-refractivity contribution is -0.139. The summed E-state index contributed by atoms with van der Waals surface area (Å²) in [7, 11) is 0. The van der Waals surface area contributed by atoms with Crippen LogP contribution in [0.25, 0.3) is 5.76 Å². The highest BCUT2D eigenvalue weighted by atomic mass is 16.3. The van der Waals surface area contributed by atoms with Crippen LogP contribution in [0.5, 0.6) is 0 Å². The average molecular weight is 406 g/mol. The highest BCUT2D eigenvalue weighted by molar-refractivity contribution is 6.46. The van der Waals surface area contributed by atoms with E-state index in [0.29, 0.717) is 12.1 Å². The topological polar surface area (TPSA) is 57.6 Å². The second-order valence-corrected chi connectivity index (χ2v) is 8.91. The third-order valence-corrected chi connectivity index (χ3v) is 5.73. The molecule has 0 aromatic heterocycles. The second-order valence-electron chi connectivity index (χ2n) is 8.91. The molecule has 1 fully saturated rings. The summed E-state index contributed by atoms with van der Waals surface area (Å²) in [6.07, 6.45) is 1.62. The van der Waals surface area contributed by atoms with Gasteiger partial charge in [-0.15, -0.1) is 0 Å². The third-order valence-electron chi connectivity index (χ3n) is 5.73. The van der Waals surface area contributed by atoms with Gasteiger partial charge in [-0.25, -0.2) is 0 Å². The number of aliphatic hydroxyl groups excluding tert-OH is 1. The summed E-state index contributed by atoms with van der Waals surface area (Å²) in [4.78, 5) is 27.3. The molecule has 158 valence electrons. The molecule has 2 aromatic carbocycles. The van der Waals surface area contributed by atoms with E-state index in [2.05, 4.69) is 27.7 Å². The number of ketones is 1. The van der Waals surface area contributed by atoms with Gasteiger partial charge in [0.2, 0.25) is 0 Å². The van der Waals surface area contributed by atoms with E-state index < -0.39 is 17.7 Å². The maximum absolute atomic E-state index is 12.9. The van der Waals surface area contributed by atoms with Crippen LogP contribution >= 0.6 is 0 Å². The van der Waals surface area contributed by atoms with Crippen molar-refractivity contribution in [2.45, 2.75) is 58.9 Å². The maximum atomic E-state index is 12.9. The van der Waals surface area contributed by atoms with Gasteiger partial charge in [-0.2, -0.15) is 0 Å². The number of benzene rings is 2. The zero-order chi connectivity index (χ0) is 22.1. The van der Waals surface area contributed by atoms with Crippen molar-refractivity contribution >= 4 is 17.4 Å². The van der Waals surface area contributed by atoms with Crippen LogP contribution in [0.2, 0.25) is 0 Å². The van der Waals surface area contributed by atoms with Crippen molar-refractivity contribution in [2.75, 3.05) is 6.54 Å². The third kappa shape index (κ3) is 4.04. The molecule has 0 saturated carbocycles. The fraction of sp³-hybridized carbons (Fsp3) is 0.385. The van der Waals surface area contributed by atoms with Crippen LogP contribution in [0.15, 0.2) is 54.1 Å². The number of carbonyl (C=O) groups excluding carboxylic acids is 2. The maximum Gasteiger partial charge on any atom is 0.295 e. The molecule has 1 amide bonds. The standard InChI is InChI=1S/C26H31NO3/c1-6-16-27-22(18-12-14-20(15-13-18)26(3,4)5)21(24(29)25(27)30)23(28)19-10-8-17(7-2)9-11-19/h8-15,22,28H,6-7,16H2,1-5H3/b23-21-. The summed E-state index contributed by atoms with van der Waals surface area (Å²) in [6.45, 7) is 10.9. The normalized spacial score (nSPS) is 18.8. The molecule has 0 spiro atoms. The Labute approximate surface area is 179 Å². The van der Waals surface area contributed by atoms with Crippen LogP contribution in [-0.4, -0.2) is 28.2 Å². The van der Waals surface area contributed by atoms with Crippen LogP contribution in [0, 0.1) is 0 Å². The number of nitrogens with zero attached hydrogens (tertiary/aromatic N) is 1. The summed E-state index contributed by atoms with van der Waals surface area (Å²) < 4.78 is 0. The Bertz CT molecular complexity index is 963. The number of aliphatic hydroxyl groups is 1. The Hall–Kier alpha value is -2.88. The van der Waals surface area contributed by atoms with E-state index in [1.165, 1.54) is 5.56 Å². The molecule has 1 atom stereocenters. The minimum atomic E-state index is -0.620. The first-order valence-electron chi connectivity index (χ1n) is 10.7. The predicted octanol–water partition coefficient (Wildman–Crippen LogP) is 5.38. The van der Waals surface area contributed by atoms with Crippen molar-refractivity contribution in [1.29, 1.82) is 0 Å². The molecule has 1 aliphatic heterocycles. The number of amides is 1. The van der Waals surface area contributed by atoms with Gasteiger partial charge in [-0.05, 0) is 34.9 Å². The number of rotatable bonds is 5. The van der Waals surface area contributed by atoms with Crippen LogP contribution < -0.4 is 0 Å². The summed E-state index contributed by atoms with van der Waals surface area (Å²) in [6, 6.07) is 14.9. The number of hydrogen-bond donors (Lipinski definition) is 1. The number of likely N-dealkylation sites (tertiary alicyclic amines) is 1. The van der Waals surface area contributed by atoms with Gasteiger partial charge in [-0.1, -0.05) is 83.1 Å². The Balaban J connectivity index is 2.13. The lowest BCUT2D eigenvalue weighted by Crippen LogP contribution is -2.30. The average Bonchev–Trinajstić information content (AvgIpc) is 2.98. The number of aryl methyl sites for hydroxylation is 1. The zero-order valence-electron chi connectivity index (χ0n) is 18.5. The van der Waals surface area contributed by atoms with Gasteiger partial charge in [-0.3, -0.25) is 9.59 Å². The largest absolute Gasteiger partial charge is 0.507 e. The zero-order valence-corrected chi connectivity index (χ0v) is 18.5. The number of hydrogen-bond acceptors (Lipinski definition) is 3. The van der Waals surface area contributed by atoms with Crippen molar-refractivity contribution < 1.29 is 14.7 Å². The molecule has 1 N–H and O–H groups in total. The lowest BCUT2D eigenvalue weighted by Gasteiger charge is -2.26. The highest BCUT2D eigenvalue weighted by Crippen LogP contribution is 2.40. The quantitative estimate of drug-likeness (QED) is 0.413. The molecular formula is C26H31NO3. The van der Waals surface area contributed by atoms with Crippen LogP contribution in [-0.2, 0) is 21.4 Å². The Morgan fingerprint density at radius 1 is 0.967 bits per heavy atom. The summed E-state index contributed by atoms with van der Waals surface area (Å²) in [5.41, 5.74) is 3.88. The van der Waals surface area contributed by atoms with Crippen molar-refractivity contribution in [3.05, 3.63) is 76.4 Å². The molecule has 0 aliphatic carbocycles. The van der Waals surface area contributed by atoms with E-state index >= 15 is 0 Å². The molecular weight excluding hydrogens is 374 g/mol. The van der Waals surface area contributed by atoms with Gasteiger partial charge in [0, 0.05) is 12.1 Å². The van der Waals surface area contributed by atoms with E-state index in [0.717, 1.165) is 24.0 Å². The summed E-state index contributed by atoms with van der Waals surface area (Å²) in [5.74, 6) is -1.28. The first-order valence-corrected chi connectivity index (χ1v) is 10.7. The minimum Gasteiger partial charge on any atom is -0.507 e. The van der Waals surface area contributed by atoms with Crippen molar-refractivity contribution in [1.82, 2.24) is 4.90 Å². The van der Waals surface area contributed by atoms with E-state index in [4.69, 9.17) is 0 Å². The molecule has 4 nitrogen and oxygen atoms in total. The molecule has 1 unspecified atom stereocenters. The van der Waals surface area contributed by atoms with Gasteiger partial charge >= 0.3 is 0 Å². The molecule has 3 rings (SSSR count). The van der Waals surface area contributed by atoms with Crippen LogP contribution in [0.3, 0.4) is 0 Å². The van der Waals surface area contributed by atoms with Crippen molar-refractivity contribution in [3.63, 3.8) is 0 Å². The molecule has 0 radical (unpaired) electrons. The molecule has 1 heterocycles. The van der Waals surface area contributed by atoms with Gasteiger partial charge in [0.25, 0.3) is 11.7 Å². The summed E-state index contributed by atoms with van der Waals surface area (Å²) >= 11 is 0. The van der Waals surface area contributed by atoms with E-state index in [9.17, 15) is 14.7 Å². The smallest absolute Gasteiger partial charge is 0.295 e. The first kappa shape index (κ1) is 21.8. The van der Waals surface area contributed by atoms with Crippen molar-refractivity contribution in [3.8, 4) is 0 Å². The van der Waals surface area contributed by atoms with Crippen LogP contribution in [0.4, 0.5) is 0 Å². The molecule has 4 heteroatoms. The van der Waals surface area contributed by atoms with E-state index in [1.807, 2.05) is 43.3 Å². The van der Waals surface area contributed by atoms with Gasteiger partial charge < -0.3 is 10.0 Å². The molecule has 0 bridgehead atoms. The van der Waals surface area contributed by atoms with Gasteiger partial charge in [0.05, 0.1) is 11.6 Å². The van der Waals surface area contributed by atoms with E-state index in [-0.39, 0.29) is 16.7 Å². The molecule has 30 heavy (non-hydrogen) atoms. The molecule has 2 aromatic rings. The monoisotopic (exact) mass is 405 g/mol.